The molecule has 0 aromatic heterocycles. The summed E-state index contributed by atoms with van der Waals surface area (Å²) in [5.74, 6) is -1.06. The molecular weight excluding hydrogens is 258 g/mol. The minimum Gasteiger partial charge on any atom is -0.480 e. The van der Waals surface area contributed by atoms with Gasteiger partial charge in [0.15, 0.2) is 0 Å². The molecule has 0 saturated carbocycles. The van der Waals surface area contributed by atoms with Crippen molar-refractivity contribution in [2.24, 2.45) is 5.41 Å². The fourth-order valence-corrected chi connectivity index (χ4v) is 1.72. The molecular formula is C15H27NO4. The molecule has 0 radical (unpaired) electrons. The topological polar surface area (TPSA) is 75.6 Å². The number of carbonyl (C=O) groups excluding carboxylic acids is 1. The van der Waals surface area contributed by atoms with E-state index in [1.54, 1.807) is 20.8 Å². The number of rotatable bonds is 9. The molecule has 0 rings (SSSR count). The highest BCUT2D eigenvalue weighted by molar-refractivity contribution is 5.80. The fourth-order valence-electron chi connectivity index (χ4n) is 1.72. The Balaban J connectivity index is 3.87. The lowest BCUT2D eigenvalue weighted by Gasteiger charge is -2.27. The molecule has 0 saturated heterocycles. The standard InChI is InChI=1S/C15H27NO4/c1-5-6-7-8-9-10-11-20-14(19)16-12(13(17)18)15(2,3)4/h5,12H,1,6-11H2,2-4H3,(H,16,19)(H,17,18). The summed E-state index contributed by atoms with van der Waals surface area (Å²) < 4.78 is 4.99. The predicted molar refractivity (Wildman–Crippen MR) is 78.6 cm³/mol. The zero-order chi connectivity index (χ0) is 15.6. The fraction of sp³-hybridized carbons (Fsp3) is 0.733. The number of alkyl carbamates (subject to hydrolysis) is 1. The summed E-state index contributed by atoms with van der Waals surface area (Å²) in [5, 5.41) is 11.5. The molecule has 0 fully saturated rings. The van der Waals surface area contributed by atoms with Gasteiger partial charge >= 0.3 is 12.1 Å². The van der Waals surface area contributed by atoms with Gasteiger partial charge in [0.2, 0.25) is 0 Å². The Morgan fingerprint density at radius 2 is 1.85 bits per heavy atom. The van der Waals surface area contributed by atoms with Gasteiger partial charge in [-0.2, -0.15) is 0 Å². The van der Waals surface area contributed by atoms with Gasteiger partial charge < -0.3 is 15.2 Å². The van der Waals surface area contributed by atoms with E-state index in [1.165, 1.54) is 0 Å². The number of carboxylic acid groups (broad SMARTS) is 1. The number of amides is 1. The molecule has 1 unspecified atom stereocenters. The van der Waals surface area contributed by atoms with Gasteiger partial charge in [-0.1, -0.05) is 39.7 Å². The molecule has 0 aliphatic heterocycles. The molecule has 2 N–H and O–H groups in total. The maximum atomic E-state index is 11.5. The second kappa shape index (κ2) is 9.39. The van der Waals surface area contributed by atoms with Crippen molar-refractivity contribution in [1.29, 1.82) is 0 Å². The van der Waals surface area contributed by atoms with Crippen molar-refractivity contribution in [2.45, 2.75) is 58.9 Å². The van der Waals surface area contributed by atoms with E-state index in [0.717, 1.165) is 32.1 Å². The van der Waals surface area contributed by atoms with Crippen LogP contribution in [0.2, 0.25) is 0 Å². The normalized spacial score (nSPS) is 12.6. The second-order valence-electron chi connectivity index (χ2n) is 5.91. The van der Waals surface area contributed by atoms with Crippen molar-refractivity contribution < 1.29 is 19.4 Å². The Morgan fingerprint density at radius 1 is 1.25 bits per heavy atom. The summed E-state index contributed by atoms with van der Waals surface area (Å²) in [5.41, 5.74) is -0.560. The van der Waals surface area contributed by atoms with E-state index in [-0.39, 0.29) is 0 Å². The maximum Gasteiger partial charge on any atom is 0.407 e. The Morgan fingerprint density at radius 3 is 2.35 bits per heavy atom. The summed E-state index contributed by atoms with van der Waals surface area (Å²) in [6, 6.07) is -0.956. The zero-order valence-corrected chi connectivity index (χ0v) is 12.8. The number of carboxylic acids is 1. The highest BCUT2D eigenvalue weighted by Crippen LogP contribution is 2.19. The molecule has 5 heteroatoms. The molecule has 0 bridgehead atoms. The van der Waals surface area contributed by atoms with Crippen LogP contribution in [0.5, 0.6) is 0 Å². The first-order valence-electron chi connectivity index (χ1n) is 7.06. The average Bonchev–Trinajstić information content (AvgIpc) is 2.33. The zero-order valence-electron chi connectivity index (χ0n) is 12.8. The molecule has 20 heavy (non-hydrogen) atoms. The van der Waals surface area contributed by atoms with Gasteiger partial charge in [-0.05, 0) is 24.7 Å². The monoisotopic (exact) mass is 285 g/mol. The van der Waals surface area contributed by atoms with Crippen LogP contribution < -0.4 is 5.32 Å². The van der Waals surface area contributed by atoms with Crippen molar-refractivity contribution in [2.75, 3.05) is 6.61 Å². The smallest absolute Gasteiger partial charge is 0.407 e. The Hall–Kier alpha value is -1.52. The highest BCUT2D eigenvalue weighted by Gasteiger charge is 2.32. The van der Waals surface area contributed by atoms with E-state index in [1.807, 2.05) is 6.08 Å². The van der Waals surface area contributed by atoms with Crippen LogP contribution in [0, 0.1) is 5.41 Å². The minimum absolute atomic E-state index is 0.316. The summed E-state index contributed by atoms with van der Waals surface area (Å²) in [7, 11) is 0. The number of ether oxygens (including phenoxy) is 1. The van der Waals surface area contributed by atoms with Crippen LogP contribution in [0.15, 0.2) is 12.7 Å². The third kappa shape index (κ3) is 8.56. The van der Waals surface area contributed by atoms with E-state index in [4.69, 9.17) is 9.84 Å². The van der Waals surface area contributed by atoms with E-state index >= 15 is 0 Å². The number of nitrogens with one attached hydrogen (secondary N) is 1. The third-order valence-corrected chi connectivity index (χ3v) is 2.91. The van der Waals surface area contributed by atoms with Crippen LogP contribution in [0.1, 0.15) is 52.9 Å². The summed E-state index contributed by atoms with van der Waals surface area (Å²) in [6.45, 7) is 9.24. The van der Waals surface area contributed by atoms with Gasteiger partial charge in [0.05, 0.1) is 6.61 Å². The van der Waals surface area contributed by atoms with Crippen LogP contribution in [-0.4, -0.2) is 29.8 Å². The lowest BCUT2D eigenvalue weighted by molar-refractivity contribution is -0.142. The lowest BCUT2D eigenvalue weighted by Crippen LogP contribution is -2.49. The molecule has 0 aromatic carbocycles. The van der Waals surface area contributed by atoms with Crippen molar-refractivity contribution in [3.8, 4) is 0 Å². The summed E-state index contributed by atoms with van der Waals surface area (Å²) in [4.78, 5) is 22.6. The van der Waals surface area contributed by atoms with E-state index in [9.17, 15) is 9.59 Å². The van der Waals surface area contributed by atoms with Gasteiger partial charge in [-0.3, -0.25) is 0 Å². The molecule has 1 amide bonds. The van der Waals surface area contributed by atoms with Crippen LogP contribution in [0.4, 0.5) is 4.79 Å². The number of aliphatic carboxylic acids is 1. The van der Waals surface area contributed by atoms with Gasteiger partial charge in [0.25, 0.3) is 0 Å². The molecule has 5 nitrogen and oxygen atoms in total. The van der Waals surface area contributed by atoms with E-state index in [2.05, 4.69) is 11.9 Å². The Bertz CT molecular complexity index is 320. The lowest BCUT2D eigenvalue weighted by atomic mass is 9.87. The number of unbranched alkanes of at least 4 members (excludes halogenated alkanes) is 4. The Labute approximate surface area is 121 Å². The van der Waals surface area contributed by atoms with Crippen LogP contribution in [-0.2, 0) is 9.53 Å². The molecule has 0 aromatic rings. The summed E-state index contributed by atoms with van der Waals surface area (Å²) in [6.07, 6.45) is 6.19. The Kier molecular flexibility index (Phi) is 8.68. The average molecular weight is 285 g/mol. The third-order valence-electron chi connectivity index (χ3n) is 2.91. The number of allylic oxidation sites excluding steroid dienone is 1. The number of hydrogen-bond acceptors (Lipinski definition) is 3. The molecule has 0 aliphatic rings. The minimum atomic E-state index is -1.06. The first-order chi connectivity index (χ1) is 9.29. The molecule has 1 atom stereocenters. The highest BCUT2D eigenvalue weighted by atomic mass is 16.5. The molecule has 0 heterocycles. The predicted octanol–water partition coefficient (Wildman–Crippen LogP) is 3.35. The van der Waals surface area contributed by atoms with Crippen molar-refractivity contribution >= 4 is 12.1 Å². The largest absolute Gasteiger partial charge is 0.480 e. The molecule has 116 valence electrons. The second-order valence-corrected chi connectivity index (χ2v) is 5.91. The quantitative estimate of drug-likeness (QED) is 0.503. The van der Waals surface area contributed by atoms with Gasteiger partial charge in [0, 0.05) is 0 Å². The summed E-state index contributed by atoms with van der Waals surface area (Å²) >= 11 is 0. The van der Waals surface area contributed by atoms with Gasteiger partial charge in [-0.15, -0.1) is 6.58 Å². The van der Waals surface area contributed by atoms with E-state index in [0.29, 0.717) is 6.61 Å². The van der Waals surface area contributed by atoms with Crippen LogP contribution in [0.3, 0.4) is 0 Å². The van der Waals surface area contributed by atoms with E-state index < -0.39 is 23.5 Å². The van der Waals surface area contributed by atoms with Crippen molar-refractivity contribution in [3.05, 3.63) is 12.7 Å². The number of hydrogen-bond donors (Lipinski definition) is 2. The SMILES string of the molecule is C=CCCCCCCOC(=O)NC(C(=O)O)C(C)(C)C. The first kappa shape index (κ1) is 18.5. The van der Waals surface area contributed by atoms with Crippen molar-refractivity contribution in [1.82, 2.24) is 5.32 Å². The first-order valence-corrected chi connectivity index (χ1v) is 7.06. The van der Waals surface area contributed by atoms with Crippen molar-refractivity contribution in [3.63, 3.8) is 0 Å². The van der Waals surface area contributed by atoms with Crippen LogP contribution in [0.25, 0.3) is 0 Å². The van der Waals surface area contributed by atoms with Crippen LogP contribution >= 0.6 is 0 Å². The molecule has 0 spiro atoms. The number of carbonyl (C=O) groups is 2. The van der Waals surface area contributed by atoms with Gasteiger partial charge in [0.1, 0.15) is 6.04 Å². The molecule has 0 aliphatic carbocycles. The van der Waals surface area contributed by atoms with Gasteiger partial charge in [-0.25, -0.2) is 9.59 Å². The maximum absolute atomic E-state index is 11.5.